The van der Waals surface area contributed by atoms with Crippen LogP contribution in [0.4, 0.5) is 0 Å². The summed E-state index contributed by atoms with van der Waals surface area (Å²) in [5.74, 6) is -0.729. The molecule has 0 atom stereocenters. The van der Waals surface area contributed by atoms with Crippen LogP contribution in [0.5, 0.6) is 0 Å². The Morgan fingerprint density at radius 3 is 1.83 bits per heavy atom. The van der Waals surface area contributed by atoms with Crippen LogP contribution in [-0.4, -0.2) is 14.3 Å². The Labute approximate surface area is 36.2 Å². The van der Waals surface area contributed by atoms with Gasteiger partial charge in [0.1, 0.15) is 5.88 Å². The number of hydrogen-bond acceptors (Lipinski definition) is 2. The second-order valence-electron chi connectivity index (χ2n) is 0.807. The largest absolute Gasteiger partial charge is 0.240 e. The summed E-state index contributed by atoms with van der Waals surface area (Å²) >= 11 is 0. The molecular weight excluding hydrogens is 104 g/mol. The van der Waals surface area contributed by atoms with E-state index in [1.54, 1.807) is 0 Å². The van der Waals surface area contributed by atoms with Gasteiger partial charge in [0.05, 0.1) is 0 Å². The van der Waals surface area contributed by atoms with Gasteiger partial charge in [-0.05, 0) is 0 Å². The van der Waals surface area contributed by atoms with Gasteiger partial charge in [-0.1, -0.05) is 0 Å². The fraction of sp³-hybridized carbons (Fsp3) is 1.00. The van der Waals surface area contributed by atoms with Gasteiger partial charge >= 0.3 is 0 Å². The Morgan fingerprint density at radius 2 is 1.83 bits per heavy atom. The highest BCUT2D eigenvalue weighted by Crippen LogP contribution is 1.63. The first-order valence-electron chi connectivity index (χ1n) is 1.21. The van der Waals surface area contributed by atoms with Crippen molar-refractivity contribution in [3.05, 3.63) is 0 Å². The summed E-state index contributed by atoms with van der Waals surface area (Å²) in [6, 6.07) is 0. The van der Waals surface area contributed by atoms with E-state index in [1.807, 2.05) is 0 Å². The summed E-state index contributed by atoms with van der Waals surface area (Å²) in [6.07, 6.45) is 0. The van der Waals surface area contributed by atoms with Crippen LogP contribution in [0.25, 0.3) is 0 Å². The zero-order chi connectivity index (χ0) is 5.21. The van der Waals surface area contributed by atoms with Crippen LogP contribution in [0.15, 0.2) is 0 Å². The number of sulfonamides is 1. The van der Waals surface area contributed by atoms with Crippen molar-refractivity contribution in [1.29, 1.82) is 0 Å². The van der Waals surface area contributed by atoms with Gasteiger partial charge in [-0.3, -0.25) is 0 Å². The van der Waals surface area contributed by atoms with Crippen LogP contribution in [0.3, 0.4) is 0 Å². The topological polar surface area (TPSA) is 84.0 Å². The number of hydrogen-bond donors (Lipinski definition) is 1. The Bertz CT molecular complexity index is 114. The van der Waals surface area contributed by atoms with Crippen LogP contribution >= 0.6 is 0 Å². The third kappa shape index (κ3) is 3.87. The highest BCUT2D eigenvalue weighted by molar-refractivity contribution is 7.89. The molecule has 3 N–H and O–H groups in total. The highest BCUT2D eigenvalue weighted by atomic mass is 32.2. The van der Waals surface area contributed by atoms with Crippen molar-refractivity contribution < 1.29 is 8.42 Å². The van der Waals surface area contributed by atoms with Crippen molar-refractivity contribution in [2.45, 2.75) is 0 Å². The van der Waals surface area contributed by atoms with Gasteiger partial charge in [-0.25, -0.2) is 19.3 Å². The molecule has 0 aromatic rings. The molecule has 0 rings (SSSR count). The molecular formula is CH5N2O2S. The average Bonchev–Trinajstić information content (AvgIpc) is 1.35. The number of primary sulfonamides is 1. The molecule has 0 bridgehead atoms. The minimum Gasteiger partial charge on any atom is -0.240 e. The maximum atomic E-state index is 9.59. The molecule has 4 nitrogen and oxygen atoms in total. The third-order valence-corrected chi connectivity index (χ3v) is 0.604. The summed E-state index contributed by atoms with van der Waals surface area (Å²) in [5.41, 5.74) is 6.14. The lowest BCUT2D eigenvalue weighted by Crippen LogP contribution is -2.16. The minimum atomic E-state index is -3.50. The fourth-order valence-corrected chi connectivity index (χ4v) is 0. The van der Waals surface area contributed by atoms with E-state index in [-0.39, 0.29) is 0 Å². The van der Waals surface area contributed by atoms with Crippen molar-refractivity contribution in [1.82, 2.24) is 5.73 Å². The van der Waals surface area contributed by atoms with E-state index in [0.717, 1.165) is 0 Å². The van der Waals surface area contributed by atoms with Gasteiger partial charge in [-0.2, -0.15) is 0 Å². The number of nitrogens with two attached hydrogens (primary N) is 1. The summed E-state index contributed by atoms with van der Waals surface area (Å²) in [7, 11) is -3.50. The van der Waals surface area contributed by atoms with Gasteiger partial charge in [-0.15, -0.1) is 0 Å². The Hall–Kier alpha value is -0.130. The monoisotopic (exact) mass is 109 g/mol. The first kappa shape index (κ1) is 5.87. The van der Waals surface area contributed by atoms with E-state index < -0.39 is 15.9 Å². The molecule has 6 heavy (non-hydrogen) atoms. The predicted molar refractivity (Wildman–Crippen MR) is 21.1 cm³/mol. The van der Waals surface area contributed by atoms with Gasteiger partial charge in [0, 0.05) is 0 Å². The maximum Gasteiger partial charge on any atom is 0.223 e. The normalized spacial score (nSPS) is 11.7. The summed E-state index contributed by atoms with van der Waals surface area (Å²) in [5, 5.41) is 4.32. The number of nitrogens with one attached hydrogen (secondary N) is 1. The predicted octanol–water partition coefficient (Wildman–Crippen LogP) is -1.48. The molecule has 0 fully saturated rings. The fourth-order valence-electron chi connectivity index (χ4n) is 0. The zero-order valence-corrected chi connectivity index (χ0v) is 3.83. The first-order valence-corrected chi connectivity index (χ1v) is 2.93. The molecule has 0 unspecified atom stereocenters. The summed E-state index contributed by atoms with van der Waals surface area (Å²) in [6.45, 7) is 0. The van der Waals surface area contributed by atoms with Crippen molar-refractivity contribution >= 4 is 10.0 Å². The Morgan fingerprint density at radius 1 is 1.67 bits per heavy atom. The van der Waals surface area contributed by atoms with Gasteiger partial charge < -0.3 is 0 Å². The standard InChI is InChI=1S/CH5N2O2S/c2-1-6(3,4)5/h2H,1H2,(H2,3,4,5). The molecule has 0 aromatic heterocycles. The Kier molecular flexibility index (Phi) is 1.51. The molecule has 0 aliphatic heterocycles. The van der Waals surface area contributed by atoms with Gasteiger partial charge in [0.2, 0.25) is 10.0 Å². The molecule has 0 aromatic carbocycles. The molecule has 0 heterocycles. The molecule has 37 valence electrons. The van der Waals surface area contributed by atoms with Crippen LogP contribution in [0, 0.1) is 0 Å². The summed E-state index contributed by atoms with van der Waals surface area (Å²) < 4.78 is 19.2. The zero-order valence-electron chi connectivity index (χ0n) is 3.01. The third-order valence-electron chi connectivity index (χ3n) is 0.201. The van der Waals surface area contributed by atoms with Crippen LogP contribution in [-0.2, 0) is 10.0 Å². The molecule has 5 heteroatoms. The van der Waals surface area contributed by atoms with Gasteiger partial charge in [0.15, 0.2) is 0 Å². The van der Waals surface area contributed by atoms with E-state index in [1.165, 1.54) is 0 Å². The summed E-state index contributed by atoms with van der Waals surface area (Å²) in [4.78, 5) is 0. The van der Waals surface area contributed by atoms with E-state index in [9.17, 15) is 8.42 Å². The lowest BCUT2D eigenvalue weighted by atomic mass is 11.6. The second-order valence-corrected chi connectivity index (χ2v) is 2.42. The maximum absolute atomic E-state index is 9.59. The minimum absolute atomic E-state index is 0.729. The molecule has 0 saturated carbocycles. The van der Waals surface area contributed by atoms with Crippen LogP contribution < -0.4 is 10.9 Å². The first-order chi connectivity index (χ1) is 2.56. The van der Waals surface area contributed by atoms with E-state index in [2.05, 4.69) is 5.14 Å². The molecule has 0 aliphatic rings. The molecule has 0 saturated heterocycles. The van der Waals surface area contributed by atoms with Crippen molar-refractivity contribution in [3.63, 3.8) is 0 Å². The number of rotatable bonds is 1. The molecule has 0 spiro atoms. The van der Waals surface area contributed by atoms with Crippen molar-refractivity contribution in [2.75, 3.05) is 5.88 Å². The van der Waals surface area contributed by atoms with Crippen molar-refractivity contribution in [3.8, 4) is 0 Å². The van der Waals surface area contributed by atoms with E-state index in [0.29, 0.717) is 0 Å². The van der Waals surface area contributed by atoms with Crippen LogP contribution in [0.1, 0.15) is 0 Å². The van der Waals surface area contributed by atoms with Crippen molar-refractivity contribution in [2.24, 2.45) is 5.14 Å². The second kappa shape index (κ2) is 1.55. The van der Waals surface area contributed by atoms with Crippen LogP contribution in [0.2, 0.25) is 0 Å². The lowest BCUT2D eigenvalue weighted by molar-refractivity contribution is 0.597. The Balaban J connectivity index is 3.85. The SMILES string of the molecule is [NH]CS(N)(=O)=O. The molecule has 0 aliphatic carbocycles. The average molecular weight is 109 g/mol. The highest BCUT2D eigenvalue weighted by Gasteiger charge is 1.92. The molecule has 1 radical (unpaired) electrons. The lowest BCUT2D eigenvalue weighted by Gasteiger charge is -1.81. The molecule has 0 amide bonds. The van der Waals surface area contributed by atoms with E-state index in [4.69, 9.17) is 5.73 Å². The van der Waals surface area contributed by atoms with Gasteiger partial charge in [0.25, 0.3) is 0 Å². The van der Waals surface area contributed by atoms with E-state index >= 15 is 0 Å². The smallest absolute Gasteiger partial charge is 0.223 e. The quantitative estimate of drug-likeness (QED) is 0.445.